The first-order chi connectivity index (χ1) is 11.2. The van der Waals surface area contributed by atoms with Crippen molar-refractivity contribution in [1.82, 2.24) is 20.0 Å². The normalized spacial score (nSPS) is 21.5. The van der Waals surface area contributed by atoms with E-state index in [0.29, 0.717) is 25.6 Å². The number of hydrogen-bond donors (Lipinski definition) is 1. The molecular formula is C16H24N4O3. The molecule has 1 aliphatic heterocycles. The van der Waals surface area contributed by atoms with Crippen LogP contribution in [0.3, 0.4) is 0 Å². The SMILES string of the molecule is COCCn1nc(C(=O)NC[C@@H]2CCN(C3CC3)C2)ccc1=O. The van der Waals surface area contributed by atoms with Crippen LogP contribution in [0, 0.1) is 5.92 Å². The van der Waals surface area contributed by atoms with E-state index in [9.17, 15) is 9.59 Å². The van der Waals surface area contributed by atoms with Crippen LogP contribution in [0.4, 0.5) is 0 Å². The lowest BCUT2D eigenvalue weighted by atomic mass is 10.1. The van der Waals surface area contributed by atoms with Gasteiger partial charge in [0, 0.05) is 32.3 Å². The number of carbonyl (C=O) groups is 1. The molecular weight excluding hydrogens is 296 g/mol. The van der Waals surface area contributed by atoms with Gasteiger partial charge in [-0.15, -0.1) is 0 Å². The van der Waals surface area contributed by atoms with Crippen LogP contribution in [-0.4, -0.2) is 60.0 Å². The van der Waals surface area contributed by atoms with Gasteiger partial charge in [0.2, 0.25) is 0 Å². The molecule has 0 aromatic carbocycles. The van der Waals surface area contributed by atoms with Gasteiger partial charge in [-0.1, -0.05) is 0 Å². The molecule has 3 rings (SSSR count). The topological polar surface area (TPSA) is 76.5 Å². The number of aromatic nitrogens is 2. The largest absolute Gasteiger partial charge is 0.383 e. The lowest BCUT2D eigenvalue weighted by Crippen LogP contribution is -2.34. The summed E-state index contributed by atoms with van der Waals surface area (Å²) in [7, 11) is 1.56. The standard InChI is InChI=1S/C16H24N4O3/c1-23-9-8-20-15(21)5-4-14(18-20)16(22)17-10-12-6-7-19(11-12)13-2-3-13/h4-5,12-13H,2-3,6-11H2,1H3,(H,17,22)/t12-/m0/s1. The summed E-state index contributed by atoms with van der Waals surface area (Å²) in [6, 6.07) is 3.65. The predicted octanol–water partition coefficient (Wildman–Crippen LogP) is 0.104. The highest BCUT2D eigenvalue weighted by Crippen LogP contribution is 2.31. The molecule has 0 spiro atoms. The molecule has 1 N–H and O–H groups in total. The van der Waals surface area contributed by atoms with Crippen molar-refractivity contribution in [2.24, 2.45) is 5.92 Å². The van der Waals surface area contributed by atoms with Gasteiger partial charge in [0.25, 0.3) is 11.5 Å². The molecule has 0 radical (unpaired) electrons. The number of nitrogens with zero attached hydrogens (tertiary/aromatic N) is 3. The van der Waals surface area contributed by atoms with E-state index in [1.807, 2.05) is 0 Å². The Morgan fingerprint density at radius 1 is 1.39 bits per heavy atom. The molecule has 0 bridgehead atoms. The van der Waals surface area contributed by atoms with E-state index in [2.05, 4.69) is 15.3 Å². The summed E-state index contributed by atoms with van der Waals surface area (Å²) >= 11 is 0. The van der Waals surface area contributed by atoms with Crippen LogP contribution >= 0.6 is 0 Å². The van der Waals surface area contributed by atoms with Gasteiger partial charge < -0.3 is 15.0 Å². The fourth-order valence-corrected chi connectivity index (χ4v) is 3.04. The average Bonchev–Trinajstić information content (AvgIpc) is 3.30. The molecule has 1 aliphatic carbocycles. The highest BCUT2D eigenvalue weighted by molar-refractivity contribution is 5.91. The van der Waals surface area contributed by atoms with E-state index < -0.39 is 0 Å². The Hall–Kier alpha value is -1.73. The third-order valence-corrected chi connectivity index (χ3v) is 4.54. The van der Waals surface area contributed by atoms with Gasteiger partial charge in [0.05, 0.1) is 13.2 Å². The highest BCUT2D eigenvalue weighted by atomic mass is 16.5. The molecule has 1 amide bonds. The number of carbonyl (C=O) groups excluding carboxylic acids is 1. The Balaban J connectivity index is 1.52. The third kappa shape index (κ3) is 4.17. The Bertz CT molecular complexity index is 612. The van der Waals surface area contributed by atoms with Crippen LogP contribution in [0.5, 0.6) is 0 Å². The zero-order valence-electron chi connectivity index (χ0n) is 13.5. The van der Waals surface area contributed by atoms with Crippen molar-refractivity contribution in [2.45, 2.75) is 31.8 Å². The van der Waals surface area contributed by atoms with Crippen LogP contribution in [0.2, 0.25) is 0 Å². The van der Waals surface area contributed by atoms with Crippen LogP contribution in [0.1, 0.15) is 29.8 Å². The molecule has 1 saturated heterocycles. The Kier molecular flexibility index (Phi) is 5.07. The lowest BCUT2D eigenvalue weighted by Gasteiger charge is -2.15. The van der Waals surface area contributed by atoms with Gasteiger partial charge in [0.1, 0.15) is 5.69 Å². The van der Waals surface area contributed by atoms with Crippen molar-refractivity contribution < 1.29 is 9.53 Å². The Labute approximate surface area is 135 Å². The molecule has 2 heterocycles. The van der Waals surface area contributed by atoms with Crippen LogP contribution in [0.15, 0.2) is 16.9 Å². The first-order valence-corrected chi connectivity index (χ1v) is 8.26. The average molecular weight is 320 g/mol. The van der Waals surface area contributed by atoms with Crippen molar-refractivity contribution in [3.8, 4) is 0 Å². The number of hydrogen-bond acceptors (Lipinski definition) is 5. The zero-order chi connectivity index (χ0) is 16.2. The molecule has 7 nitrogen and oxygen atoms in total. The van der Waals surface area contributed by atoms with E-state index in [0.717, 1.165) is 25.6 Å². The summed E-state index contributed by atoms with van der Waals surface area (Å²) < 4.78 is 6.21. The lowest BCUT2D eigenvalue weighted by molar-refractivity contribution is 0.0938. The van der Waals surface area contributed by atoms with Gasteiger partial charge in [-0.2, -0.15) is 5.10 Å². The third-order valence-electron chi connectivity index (χ3n) is 4.54. The Morgan fingerprint density at radius 2 is 2.22 bits per heavy atom. The van der Waals surface area contributed by atoms with Crippen molar-refractivity contribution >= 4 is 5.91 Å². The first kappa shape index (κ1) is 16.1. The van der Waals surface area contributed by atoms with Crippen LogP contribution in [-0.2, 0) is 11.3 Å². The van der Waals surface area contributed by atoms with Crippen molar-refractivity contribution in [2.75, 3.05) is 33.4 Å². The van der Waals surface area contributed by atoms with Crippen LogP contribution < -0.4 is 10.9 Å². The van der Waals surface area contributed by atoms with Gasteiger partial charge in [-0.25, -0.2) is 4.68 Å². The van der Waals surface area contributed by atoms with E-state index in [-0.39, 0.29) is 17.2 Å². The van der Waals surface area contributed by atoms with Gasteiger partial charge in [-0.05, 0) is 37.8 Å². The van der Waals surface area contributed by atoms with Gasteiger partial charge >= 0.3 is 0 Å². The molecule has 1 saturated carbocycles. The summed E-state index contributed by atoms with van der Waals surface area (Å²) in [4.78, 5) is 26.4. The number of likely N-dealkylation sites (tertiary alicyclic amines) is 1. The molecule has 126 valence electrons. The summed E-state index contributed by atoms with van der Waals surface area (Å²) in [5, 5.41) is 7.06. The molecule has 23 heavy (non-hydrogen) atoms. The summed E-state index contributed by atoms with van der Waals surface area (Å²) in [5.41, 5.74) is 0.0483. The minimum Gasteiger partial charge on any atom is -0.383 e. The van der Waals surface area contributed by atoms with Crippen molar-refractivity contribution in [3.05, 3.63) is 28.2 Å². The highest BCUT2D eigenvalue weighted by Gasteiger charge is 2.34. The maximum absolute atomic E-state index is 12.2. The molecule has 0 unspecified atom stereocenters. The molecule has 2 fully saturated rings. The minimum absolute atomic E-state index is 0.221. The molecule has 1 aromatic heterocycles. The quantitative estimate of drug-likeness (QED) is 0.771. The van der Waals surface area contributed by atoms with Gasteiger partial charge in [0.15, 0.2) is 0 Å². The molecule has 2 aliphatic rings. The summed E-state index contributed by atoms with van der Waals surface area (Å²) in [6.07, 6.45) is 3.79. The second-order valence-electron chi connectivity index (χ2n) is 6.36. The fourth-order valence-electron chi connectivity index (χ4n) is 3.04. The number of amides is 1. The maximum Gasteiger partial charge on any atom is 0.271 e. The second kappa shape index (κ2) is 7.23. The number of nitrogens with one attached hydrogen (secondary N) is 1. The Morgan fingerprint density at radius 3 is 2.96 bits per heavy atom. The van der Waals surface area contributed by atoms with E-state index in [1.165, 1.54) is 29.7 Å². The summed E-state index contributed by atoms with van der Waals surface area (Å²) in [5.74, 6) is 0.292. The molecule has 1 atom stereocenters. The maximum atomic E-state index is 12.2. The summed E-state index contributed by atoms with van der Waals surface area (Å²) in [6.45, 7) is 3.62. The molecule has 7 heteroatoms. The monoisotopic (exact) mass is 320 g/mol. The van der Waals surface area contributed by atoms with E-state index in [4.69, 9.17) is 4.74 Å². The van der Waals surface area contributed by atoms with Crippen molar-refractivity contribution in [3.63, 3.8) is 0 Å². The minimum atomic E-state index is -0.227. The van der Waals surface area contributed by atoms with E-state index in [1.54, 1.807) is 7.11 Å². The molecule has 1 aromatic rings. The first-order valence-electron chi connectivity index (χ1n) is 8.26. The van der Waals surface area contributed by atoms with Gasteiger partial charge in [-0.3, -0.25) is 9.59 Å². The number of methoxy groups -OCH3 is 1. The second-order valence-corrected chi connectivity index (χ2v) is 6.36. The van der Waals surface area contributed by atoms with Crippen molar-refractivity contribution in [1.29, 1.82) is 0 Å². The fraction of sp³-hybridized carbons (Fsp3) is 0.688. The smallest absolute Gasteiger partial charge is 0.271 e. The zero-order valence-corrected chi connectivity index (χ0v) is 13.5. The van der Waals surface area contributed by atoms with Crippen LogP contribution in [0.25, 0.3) is 0 Å². The number of rotatable bonds is 7. The van der Waals surface area contributed by atoms with E-state index >= 15 is 0 Å². The number of ether oxygens (including phenoxy) is 1. The predicted molar refractivity (Wildman–Crippen MR) is 85.4 cm³/mol.